The summed E-state index contributed by atoms with van der Waals surface area (Å²) < 4.78 is 1.73. The van der Waals surface area contributed by atoms with Crippen LogP contribution in [0.3, 0.4) is 0 Å². The molecule has 0 aliphatic carbocycles. The molecule has 0 radical (unpaired) electrons. The Bertz CT molecular complexity index is 1040. The number of hydrogen-bond donors (Lipinski definition) is 3. The van der Waals surface area contributed by atoms with E-state index in [1.807, 2.05) is 0 Å². The topological polar surface area (TPSA) is 109 Å². The molecule has 0 atom stereocenters. The summed E-state index contributed by atoms with van der Waals surface area (Å²) in [5.74, 6) is -0.207. The lowest BCUT2D eigenvalue weighted by Crippen LogP contribution is -2.20. The molecule has 3 rings (SSSR count). The molecule has 0 fully saturated rings. The van der Waals surface area contributed by atoms with Gasteiger partial charge in [0.05, 0.1) is 16.4 Å². The van der Waals surface area contributed by atoms with Gasteiger partial charge in [0, 0.05) is 12.3 Å². The van der Waals surface area contributed by atoms with Crippen LogP contribution in [0.2, 0.25) is 5.02 Å². The molecule has 138 valence electrons. The Balaban J connectivity index is 2.00. The monoisotopic (exact) mass is 449 g/mol. The number of aromatic nitrogens is 3. The number of carbonyl (C=O) groups is 2. The van der Waals surface area contributed by atoms with E-state index in [4.69, 9.17) is 16.7 Å². The number of hydrogen-bond acceptors (Lipinski definition) is 4. The van der Waals surface area contributed by atoms with Gasteiger partial charge in [0.15, 0.2) is 5.82 Å². The van der Waals surface area contributed by atoms with Crippen molar-refractivity contribution < 1.29 is 14.7 Å². The Morgan fingerprint density at radius 1 is 1.22 bits per heavy atom. The quantitative estimate of drug-likeness (QED) is 0.548. The van der Waals surface area contributed by atoms with Crippen molar-refractivity contribution >= 4 is 50.9 Å². The molecule has 1 aromatic carbocycles. The van der Waals surface area contributed by atoms with E-state index in [0.717, 1.165) is 0 Å². The molecule has 0 aliphatic rings. The summed E-state index contributed by atoms with van der Waals surface area (Å²) >= 11 is 9.41. The third kappa shape index (κ3) is 4.09. The van der Waals surface area contributed by atoms with Crippen LogP contribution < -0.4 is 10.6 Å². The molecule has 3 aromatic rings. The van der Waals surface area contributed by atoms with Crippen LogP contribution in [0.15, 0.2) is 47.2 Å². The highest BCUT2D eigenvalue weighted by atomic mass is 79.9. The number of carboxylic acid groups (broad SMARTS) is 1. The van der Waals surface area contributed by atoms with Gasteiger partial charge in [-0.15, -0.1) is 0 Å². The van der Waals surface area contributed by atoms with E-state index in [1.165, 1.54) is 16.9 Å². The van der Waals surface area contributed by atoms with E-state index in [0.29, 0.717) is 26.7 Å². The second kappa shape index (κ2) is 7.77. The lowest BCUT2D eigenvalue weighted by molar-refractivity contribution is 0.101. The molecule has 2 amide bonds. The summed E-state index contributed by atoms with van der Waals surface area (Å²) in [6.07, 6.45) is 0.304. The molecule has 2 heterocycles. The number of amides is 2. The summed E-state index contributed by atoms with van der Waals surface area (Å²) in [4.78, 5) is 28.0. The number of anilines is 2. The van der Waals surface area contributed by atoms with Crippen molar-refractivity contribution in [2.45, 2.75) is 6.92 Å². The van der Waals surface area contributed by atoms with Crippen LogP contribution in [0.4, 0.5) is 16.2 Å². The van der Waals surface area contributed by atoms with Crippen molar-refractivity contribution in [3.05, 3.63) is 63.5 Å². The van der Waals surface area contributed by atoms with E-state index >= 15 is 0 Å². The summed E-state index contributed by atoms with van der Waals surface area (Å²) in [7, 11) is 0. The van der Waals surface area contributed by atoms with Crippen LogP contribution in [0.5, 0.6) is 0 Å². The summed E-state index contributed by atoms with van der Waals surface area (Å²) in [5, 5.41) is 18.5. The lowest BCUT2D eigenvalue weighted by Gasteiger charge is -2.14. The summed E-state index contributed by atoms with van der Waals surface area (Å²) in [6, 6.07) is 9.82. The van der Waals surface area contributed by atoms with Gasteiger partial charge < -0.3 is 10.4 Å². The molecule has 0 aliphatic heterocycles. The van der Waals surface area contributed by atoms with E-state index < -0.39 is 12.0 Å². The fraction of sp³-hybridized carbons (Fsp3) is 0.0588. The largest absolute Gasteiger partial charge is 0.465 e. The lowest BCUT2D eigenvalue weighted by atomic mass is 10.1. The van der Waals surface area contributed by atoms with Gasteiger partial charge in [0.1, 0.15) is 10.3 Å². The minimum absolute atomic E-state index is 0.173. The number of carbonyl (C=O) groups excluding carboxylic acids is 1. The maximum absolute atomic E-state index is 12.9. The minimum atomic E-state index is -1.23. The predicted molar refractivity (Wildman–Crippen MR) is 105 cm³/mol. The van der Waals surface area contributed by atoms with Gasteiger partial charge in [-0.3, -0.25) is 10.1 Å². The average molecular weight is 451 g/mol. The molecular formula is C17H13BrClN5O3. The average Bonchev–Trinajstić information content (AvgIpc) is 2.99. The van der Waals surface area contributed by atoms with Crippen LogP contribution in [-0.4, -0.2) is 31.9 Å². The first-order chi connectivity index (χ1) is 12.9. The highest BCUT2D eigenvalue weighted by molar-refractivity contribution is 9.10. The Labute approximate surface area is 167 Å². The van der Waals surface area contributed by atoms with Crippen LogP contribution in [0.25, 0.3) is 5.82 Å². The molecule has 8 nitrogen and oxygen atoms in total. The highest BCUT2D eigenvalue weighted by Crippen LogP contribution is 2.27. The van der Waals surface area contributed by atoms with Crippen LogP contribution in [0, 0.1) is 6.92 Å². The van der Waals surface area contributed by atoms with Gasteiger partial charge in [0.25, 0.3) is 5.91 Å². The van der Waals surface area contributed by atoms with Crippen LogP contribution >= 0.6 is 27.5 Å². The molecule has 0 bridgehead atoms. The van der Waals surface area contributed by atoms with Crippen molar-refractivity contribution in [3.63, 3.8) is 0 Å². The number of benzene rings is 1. The third-order valence-corrected chi connectivity index (χ3v) is 4.29. The molecule has 0 saturated heterocycles. The molecule has 0 saturated carbocycles. The second-order valence-corrected chi connectivity index (χ2v) is 6.67. The minimum Gasteiger partial charge on any atom is -0.465 e. The maximum Gasteiger partial charge on any atom is 0.409 e. The molecule has 0 unspecified atom stereocenters. The van der Waals surface area contributed by atoms with Crippen molar-refractivity contribution in [2.75, 3.05) is 10.6 Å². The fourth-order valence-electron chi connectivity index (χ4n) is 2.44. The Hall–Kier alpha value is -2.91. The zero-order chi connectivity index (χ0) is 19.6. The number of aryl methyl sites for hydroxylation is 1. The third-order valence-electron chi connectivity index (χ3n) is 3.60. The Morgan fingerprint density at radius 2 is 2.00 bits per heavy atom. The number of nitrogens with one attached hydrogen (secondary N) is 2. The van der Waals surface area contributed by atoms with Gasteiger partial charge in [0.2, 0.25) is 0 Å². The Morgan fingerprint density at radius 3 is 2.70 bits per heavy atom. The van der Waals surface area contributed by atoms with Gasteiger partial charge in [-0.1, -0.05) is 23.7 Å². The van der Waals surface area contributed by atoms with Gasteiger partial charge >= 0.3 is 6.09 Å². The first-order valence-corrected chi connectivity index (χ1v) is 8.81. The number of halogens is 2. The standard InChI is InChI=1S/C17H13BrClN5O3/c1-9-4-2-6-11(21-17(26)27)14(9)22-16(25)12-8-13(18)23-24(12)15-10(19)5-3-7-20-15/h2-8,21H,1H3,(H,22,25)(H,26,27). The first kappa shape index (κ1) is 18.9. The van der Waals surface area contributed by atoms with Crippen molar-refractivity contribution in [3.8, 4) is 5.82 Å². The molecule has 27 heavy (non-hydrogen) atoms. The molecule has 0 spiro atoms. The van der Waals surface area contributed by atoms with Crippen molar-refractivity contribution in [2.24, 2.45) is 0 Å². The molecular weight excluding hydrogens is 438 g/mol. The van der Waals surface area contributed by atoms with Gasteiger partial charge in [-0.05, 0) is 46.6 Å². The fourth-order valence-corrected chi connectivity index (χ4v) is 3.02. The first-order valence-electron chi connectivity index (χ1n) is 7.64. The van der Waals surface area contributed by atoms with E-state index in [1.54, 1.807) is 37.3 Å². The van der Waals surface area contributed by atoms with E-state index in [-0.39, 0.29) is 11.4 Å². The molecule has 3 N–H and O–H groups in total. The SMILES string of the molecule is Cc1cccc(NC(=O)O)c1NC(=O)c1cc(Br)nn1-c1ncccc1Cl. The number of pyridine rings is 1. The highest BCUT2D eigenvalue weighted by Gasteiger charge is 2.20. The predicted octanol–water partition coefficient (Wildman–Crippen LogP) is 4.33. The van der Waals surface area contributed by atoms with Gasteiger partial charge in [-0.25, -0.2) is 14.5 Å². The molecule has 10 heteroatoms. The Kier molecular flexibility index (Phi) is 5.43. The summed E-state index contributed by atoms with van der Waals surface area (Å²) in [6.45, 7) is 1.76. The maximum atomic E-state index is 12.9. The zero-order valence-electron chi connectivity index (χ0n) is 13.9. The normalized spacial score (nSPS) is 10.5. The summed E-state index contributed by atoms with van der Waals surface area (Å²) in [5.41, 5.74) is 1.47. The zero-order valence-corrected chi connectivity index (χ0v) is 16.2. The van der Waals surface area contributed by atoms with Crippen LogP contribution in [0.1, 0.15) is 16.1 Å². The van der Waals surface area contributed by atoms with Crippen LogP contribution in [-0.2, 0) is 0 Å². The van der Waals surface area contributed by atoms with Gasteiger partial charge in [-0.2, -0.15) is 5.10 Å². The number of nitrogens with zero attached hydrogens (tertiary/aromatic N) is 3. The second-order valence-electron chi connectivity index (χ2n) is 5.45. The van der Waals surface area contributed by atoms with Crippen molar-refractivity contribution in [1.82, 2.24) is 14.8 Å². The van der Waals surface area contributed by atoms with E-state index in [2.05, 4.69) is 36.6 Å². The number of rotatable bonds is 4. The van der Waals surface area contributed by atoms with Crippen molar-refractivity contribution in [1.29, 1.82) is 0 Å². The smallest absolute Gasteiger partial charge is 0.409 e. The van der Waals surface area contributed by atoms with E-state index in [9.17, 15) is 9.59 Å². The number of para-hydroxylation sites is 1. The molecule has 2 aromatic heterocycles.